The number of rotatable bonds is 2. The molecule has 5 nitrogen and oxygen atoms in total. The number of hydrogen-bond acceptors (Lipinski definition) is 4. The molecule has 0 bridgehead atoms. The molecule has 2 aromatic heterocycles. The topological polar surface area (TPSA) is 80.7 Å². The van der Waals surface area contributed by atoms with E-state index in [4.69, 9.17) is 10.2 Å². The highest BCUT2D eigenvalue weighted by Gasteiger charge is 2.10. The zero-order chi connectivity index (χ0) is 11.8. The van der Waals surface area contributed by atoms with Crippen molar-refractivity contribution in [3.05, 3.63) is 36.1 Å². The van der Waals surface area contributed by atoms with Crippen molar-refractivity contribution in [3.8, 4) is 11.3 Å². The second-order valence-electron chi connectivity index (χ2n) is 3.89. The van der Waals surface area contributed by atoms with E-state index in [-0.39, 0.29) is 0 Å². The number of aromatic amines is 1. The molecule has 0 radical (unpaired) electrons. The van der Waals surface area contributed by atoms with E-state index in [0.717, 1.165) is 33.9 Å². The lowest BCUT2D eigenvalue weighted by molar-refractivity contribution is 0.602. The lowest BCUT2D eigenvalue weighted by Gasteiger charge is -1.99. The summed E-state index contributed by atoms with van der Waals surface area (Å²) in [6.07, 6.45) is 1.44. The van der Waals surface area contributed by atoms with Gasteiger partial charge in [-0.05, 0) is 19.1 Å². The molecule has 0 fully saturated rings. The first-order valence-corrected chi connectivity index (χ1v) is 5.37. The van der Waals surface area contributed by atoms with Gasteiger partial charge >= 0.3 is 0 Å². The van der Waals surface area contributed by atoms with Gasteiger partial charge in [-0.2, -0.15) is 0 Å². The van der Waals surface area contributed by atoms with Crippen molar-refractivity contribution >= 4 is 11.1 Å². The first kappa shape index (κ1) is 10.0. The zero-order valence-electron chi connectivity index (χ0n) is 9.40. The first-order chi connectivity index (χ1) is 8.28. The monoisotopic (exact) mass is 228 g/mol. The summed E-state index contributed by atoms with van der Waals surface area (Å²) in [7, 11) is 0. The Labute approximate surface area is 97.7 Å². The van der Waals surface area contributed by atoms with Gasteiger partial charge in [0.05, 0.1) is 11.4 Å². The lowest BCUT2D eigenvalue weighted by atomic mass is 10.1. The number of aryl methyl sites for hydroxylation is 1. The number of H-pyrrole nitrogens is 1. The van der Waals surface area contributed by atoms with Crippen LogP contribution in [0.5, 0.6) is 0 Å². The third-order valence-corrected chi connectivity index (χ3v) is 2.71. The summed E-state index contributed by atoms with van der Waals surface area (Å²) in [5.41, 5.74) is 10.1. The predicted octanol–water partition coefficient (Wildman–Crippen LogP) is 1.99. The number of nitrogens with zero attached hydrogens (tertiary/aromatic N) is 2. The van der Waals surface area contributed by atoms with Crippen LogP contribution in [0.4, 0.5) is 0 Å². The van der Waals surface area contributed by atoms with Crippen molar-refractivity contribution in [2.75, 3.05) is 0 Å². The number of oxazole rings is 1. The fourth-order valence-electron chi connectivity index (χ4n) is 1.93. The van der Waals surface area contributed by atoms with Gasteiger partial charge in [-0.25, -0.2) is 9.97 Å². The minimum atomic E-state index is 0.435. The summed E-state index contributed by atoms with van der Waals surface area (Å²) in [6, 6.07) is 5.81. The van der Waals surface area contributed by atoms with Crippen LogP contribution < -0.4 is 5.73 Å². The molecule has 5 heteroatoms. The molecule has 0 aliphatic carbocycles. The fourth-order valence-corrected chi connectivity index (χ4v) is 1.93. The van der Waals surface area contributed by atoms with Crippen LogP contribution in [-0.4, -0.2) is 15.0 Å². The predicted molar refractivity (Wildman–Crippen MR) is 64.2 cm³/mol. The average Bonchev–Trinajstić information content (AvgIpc) is 2.93. The van der Waals surface area contributed by atoms with Gasteiger partial charge in [0, 0.05) is 12.1 Å². The molecule has 3 rings (SSSR count). The van der Waals surface area contributed by atoms with Gasteiger partial charge in [0.2, 0.25) is 0 Å². The second kappa shape index (κ2) is 3.71. The Morgan fingerprint density at radius 2 is 2.29 bits per heavy atom. The molecule has 0 spiro atoms. The molecule has 3 N–H and O–H groups in total. The molecule has 86 valence electrons. The van der Waals surface area contributed by atoms with Gasteiger partial charge in [0.1, 0.15) is 11.3 Å². The smallest absolute Gasteiger partial charge is 0.181 e. The standard InChI is InChI=1S/C12H12N4O/c1-7-15-10(5-13)12(16-7)8-2-3-9-11(4-8)17-6-14-9/h2-4,6H,5,13H2,1H3,(H,15,16). The Morgan fingerprint density at radius 3 is 3.12 bits per heavy atom. The Hall–Kier alpha value is -2.14. The molecular formula is C12H12N4O. The van der Waals surface area contributed by atoms with E-state index in [2.05, 4.69) is 15.0 Å². The average molecular weight is 228 g/mol. The first-order valence-electron chi connectivity index (χ1n) is 5.37. The minimum Gasteiger partial charge on any atom is -0.443 e. The SMILES string of the molecule is Cc1nc(-c2ccc3ncoc3c2)c(CN)[nH]1. The van der Waals surface area contributed by atoms with Crippen LogP contribution >= 0.6 is 0 Å². The van der Waals surface area contributed by atoms with E-state index in [9.17, 15) is 0 Å². The van der Waals surface area contributed by atoms with Gasteiger partial charge in [-0.3, -0.25) is 0 Å². The van der Waals surface area contributed by atoms with Crippen LogP contribution in [-0.2, 0) is 6.54 Å². The molecule has 0 saturated heterocycles. The van der Waals surface area contributed by atoms with Crippen molar-refractivity contribution in [2.24, 2.45) is 5.73 Å². The van der Waals surface area contributed by atoms with E-state index < -0.39 is 0 Å². The number of benzene rings is 1. The van der Waals surface area contributed by atoms with E-state index >= 15 is 0 Å². The maximum atomic E-state index is 5.69. The lowest BCUT2D eigenvalue weighted by Crippen LogP contribution is -1.98. The van der Waals surface area contributed by atoms with E-state index in [0.29, 0.717) is 6.54 Å². The van der Waals surface area contributed by atoms with Gasteiger partial charge in [0.15, 0.2) is 12.0 Å². The van der Waals surface area contributed by atoms with Crippen LogP contribution in [0, 0.1) is 6.92 Å². The third-order valence-electron chi connectivity index (χ3n) is 2.71. The normalized spacial score (nSPS) is 11.2. The summed E-state index contributed by atoms with van der Waals surface area (Å²) in [5, 5.41) is 0. The van der Waals surface area contributed by atoms with Crippen LogP contribution in [0.25, 0.3) is 22.4 Å². The van der Waals surface area contributed by atoms with Gasteiger partial charge in [0.25, 0.3) is 0 Å². The molecule has 1 aromatic carbocycles. The summed E-state index contributed by atoms with van der Waals surface area (Å²) in [6.45, 7) is 2.35. The molecule has 0 amide bonds. The molecule has 0 aliphatic rings. The van der Waals surface area contributed by atoms with Gasteiger partial charge in [-0.1, -0.05) is 6.07 Å². The Morgan fingerprint density at radius 1 is 1.41 bits per heavy atom. The van der Waals surface area contributed by atoms with Gasteiger partial charge < -0.3 is 15.1 Å². The molecule has 17 heavy (non-hydrogen) atoms. The second-order valence-corrected chi connectivity index (χ2v) is 3.89. The number of fused-ring (bicyclic) bond motifs is 1. The van der Waals surface area contributed by atoms with Crippen molar-refractivity contribution in [1.82, 2.24) is 15.0 Å². The van der Waals surface area contributed by atoms with Crippen LogP contribution in [0.15, 0.2) is 29.0 Å². The minimum absolute atomic E-state index is 0.435. The molecular weight excluding hydrogens is 216 g/mol. The Bertz CT molecular complexity index is 668. The van der Waals surface area contributed by atoms with Crippen LogP contribution in [0.2, 0.25) is 0 Å². The summed E-state index contributed by atoms with van der Waals surface area (Å²) < 4.78 is 5.28. The largest absolute Gasteiger partial charge is 0.443 e. The molecule has 3 aromatic rings. The maximum Gasteiger partial charge on any atom is 0.181 e. The quantitative estimate of drug-likeness (QED) is 0.702. The zero-order valence-corrected chi connectivity index (χ0v) is 9.40. The Balaban J connectivity index is 2.18. The van der Waals surface area contributed by atoms with Crippen LogP contribution in [0.3, 0.4) is 0 Å². The van der Waals surface area contributed by atoms with E-state index in [1.807, 2.05) is 25.1 Å². The highest BCUT2D eigenvalue weighted by atomic mass is 16.3. The number of nitrogens with two attached hydrogens (primary N) is 1. The molecule has 0 saturated carbocycles. The summed E-state index contributed by atoms with van der Waals surface area (Å²) >= 11 is 0. The number of aromatic nitrogens is 3. The summed E-state index contributed by atoms with van der Waals surface area (Å²) in [5.74, 6) is 0.859. The van der Waals surface area contributed by atoms with Crippen molar-refractivity contribution < 1.29 is 4.42 Å². The number of nitrogens with one attached hydrogen (secondary N) is 1. The van der Waals surface area contributed by atoms with Crippen molar-refractivity contribution in [3.63, 3.8) is 0 Å². The maximum absolute atomic E-state index is 5.69. The molecule has 0 atom stereocenters. The molecule has 0 unspecified atom stereocenters. The van der Waals surface area contributed by atoms with Crippen LogP contribution in [0.1, 0.15) is 11.5 Å². The fraction of sp³-hybridized carbons (Fsp3) is 0.167. The summed E-state index contributed by atoms with van der Waals surface area (Å²) in [4.78, 5) is 11.7. The van der Waals surface area contributed by atoms with E-state index in [1.165, 1.54) is 6.39 Å². The van der Waals surface area contributed by atoms with Gasteiger partial charge in [-0.15, -0.1) is 0 Å². The molecule has 2 heterocycles. The molecule has 0 aliphatic heterocycles. The highest BCUT2D eigenvalue weighted by molar-refractivity contribution is 5.79. The Kier molecular flexibility index (Phi) is 2.19. The third kappa shape index (κ3) is 1.60. The number of hydrogen-bond donors (Lipinski definition) is 2. The number of imidazole rings is 1. The highest BCUT2D eigenvalue weighted by Crippen LogP contribution is 2.25. The van der Waals surface area contributed by atoms with Crippen molar-refractivity contribution in [2.45, 2.75) is 13.5 Å². The van der Waals surface area contributed by atoms with Crippen molar-refractivity contribution in [1.29, 1.82) is 0 Å². The van der Waals surface area contributed by atoms with E-state index in [1.54, 1.807) is 0 Å².